The lowest BCUT2D eigenvalue weighted by Crippen LogP contribution is -2.48. The van der Waals surface area contributed by atoms with E-state index in [2.05, 4.69) is 0 Å². The molecule has 0 bridgehead atoms. The molecular formula is C23H28FNO3S. The molecule has 1 aromatic heterocycles. The molecule has 1 aliphatic heterocycles. The molecule has 1 saturated carbocycles. The summed E-state index contributed by atoms with van der Waals surface area (Å²) in [5.41, 5.74) is 1.27. The number of hydrogen-bond donors (Lipinski definition) is 1. The number of aromatic carboxylic acids is 1. The van der Waals surface area contributed by atoms with Crippen molar-refractivity contribution in [3.05, 3.63) is 41.0 Å². The van der Waals surface area contributed by atoms with Gasteiger partial charge in [-0.15, -0.1) is 11.3 Å². The molecule has 2 fully saturated rings. The van der Waals surface area contributed by atoms with Crippen molar-refractivity contribution < 1.29 is 19.1 Å². The second-order valence-electron chi connectivity index (χ2n) is 7.76. The second kappa shape index (κ2) is 9.08. The second-order valence-corrected chi connectivity index (χ2v) is 8.81. The molecule has 2 heterocycles. The maximum Gasteiger partial charge on any atom is 0.348 e. The average Bonchev–Trinajstić information content (AvgIpc) is 3.14. The van der Waals surface area contributed by atoms with Crippen molar-refractivity contribution in [3.8, 4) is 10.4 Å². The van der Waals surface area contributed by atoms with Gasteiger partial charge in [-0.05, 0) is 55.4 Å². The fourth-order valence-corrected chi connectivity index (χ4v) is 5.64. The van der Waals surface area contributed by atoms with Crippen LogP contribution in [0.15, 0.2) is 30.3 Å². The molecule has 29 heavy (non-hydrogen) atoms. The minimum Gasteiger partial charge on any atom is -0.477 e. The Balaban J connectivity index is 0.00000240. The van der Waals surface area contributed by atoms with Crippen LogP contribution >= 0.6 is 11.3 Å². The van der Waals surface area contributed by atoms with E-state index in [1.165, 1.54) is 31.4 Å². The number of amides is 1. The van der Waals surface area contributed by atoms with Gasteiger partial charge in [-0.3, -0.25) is 4.79 Å². The zero-order chi connectivity index (χ0) is 19.7. The van der Waals surface area contributed by atoms with E-state index in [1.54, 1.807) is 23.1 Å². The Labute approximate surface area is 175 Å². The molecule has 0 spiro atoms. The Morgan fingerprint density at radius 2 is 1.76 bits per heavy atom. The number of anilines is 1. The normalized spacial score (nSPS) is 20.4. The number of carbonyl (C=O) groups is 2. The maximum atomic E-state index is 13.3. The molecule has 4 rings (SSSR count). The number of rotatable bonds is 4. The van der Waals surface area contributed by atoms with Crippen LogP contribution in [0.5, 0.6) is 0 Å². The van der Waals surface area contributed by atoms with Crippen molar-refractivity contribution in [1.82, 2.24) is 0 Å². The molecule has 0 radical (unpaired) electrons. The third-order valence-electron chi connectivity index (χ3n) is 5.98. The van der Waals surface area contributed by atoms with E-state index in [9.17, 15) is 19.1 Å². The molecule has 2 aliphatic rings. The Hall–Kier alpha value is -2.21. The molecule has 1 N–H and O–H groups in total. The Morgan fingerprint density at radius 1 is 1.07 bits per heavy atom. The Morgan fingerprint density at radius 3 is 2.41 bits per heavy atom. The molecular weight excluding hydrogens is 389 g/mol. The van der Waals surface area contributed by atoms with Gasteiger partial charge in [-0.2, -0.15) is 0 Å². The summed E-state index contributed by atoms with van der Waals surface area (Å²) in [5.74, 6) is -0.890. The summed E-state index contributed by atoms with van der Waals surface area (Å²) < 4.78 is 13.3. The Kier molecular flexibility index (Phi) is 6.73. The predicted octanol–water partition coefficient (Wildman–Crippen LogP) is 6.35. The fourth-order valence-electron chi connectivity index (χ4n) is 4.65. The fraction of sp³-hybridized carbons (Fsp3) is 0.478. The summed E-state index contributed by atoms with van der Waals surface area (Å²) in [4.78, 5) is 27.6. The summed E-state index contributed by atoms with van der Waals surface area (Å²) in [6.45, 7) is 0. The summed E-state index contributed by atoms with van der Waals surface area (Å²) in [5, 5.41) is 9.80. The maximum absolute atomic E-state index is 13.3. The largest absolute Gasteiger partial charge is 0.477 e. The van der Waals surface area contributed by atoms with E-state index in [-0.39, 0.29) is 30.1 Å². The van der Waals surface area contributed by atoms with Crippen molar-refractivity contribution in [1.29, 1.82) is 0 Å². The van der Waals surface area contributed by atoms with Crippen molar-refractivity contribution in [2.75, 3.05) is 4.90 Å². The highest BCUT2D eigenvalue weighted by atomic mass is 32.1. The van der Waals surface area contributed by atoms with Crippen molar-refractivity contribution >= 4 is 28.9 Å². The third-order valence-corrected chi connectivity index (χ3v) is 7.14. The molecule has 6 heteroatoms. The molecule has 1 amide bonds. The highest BCUT2D eigenvalue weighted by molar-refractivity contribution is 7.18. The van der Waals surface area contributed by atoms with Crippen molar-refractivity contribution in [2.24, 2.45) is 5.92 Å². The van der Waals surface area contributed by atoms with Crippen LogP contribution in [0.4, 0.5) is 10.1 Å². The molecule has 1 aliphatic carbocycles. The van der Waals surface area contributed by atoms with Gasteiger partial charge in [0, 0.05) is 17.3 Å². The molecule has 1 aromatic carbocycles. The first-order valence-electron chi connectivity index (χ1n) is 9.99. The minimum absolute atomic E-state index is 0. The lowest BCUT2D eigenvalue weighted by atomic mass is 9.79. The van der Waals surface area contributed by atoms with E-state index < -0.39 is 5.97 Å². The van der Waals surface area contributed by atoms with Gasteiger partial charge in [0.2, 0.25) is 5.91 Å². The number of hydrogen-bond acceptors (Lipinski definition) is 3. The van der Waals surface area contributed by atoms with Crippen molar-refractivity contribution in [3.63, 3.8) is 0 Å². The van der Waals surface area contributed by atoms with Crippen LogP contribution in [0, 0.1) is 11.7 Å². The number of thiophene rings is 1. The zero-order valence-corrected chi connectivity index (χ0v) is 16.5. The average molecular weight is 418 g/mol. The lowest BCUT2D eigenvalue weighted by molar-refractivity contribution is -0.120. The number of carboxylic acids is 1. The van der Waals surface area contributed by atoms with E-state index in [0.29, 0.717) is 18.0 Å². The van der Waals surface area contributed by atoms with Gasteiger partial charge < -0.3 is 10.0 Å². The van der Waals surface area contributed by atoms with Crippen LogP contribution in [0.2, 0.25) is 0 Å². The summed E-state index contributed by atoms with van der Waals surface area (Å²) in [6.07, 6.45) is 8.07. The molecule has 1 unspecified atom stereocenters. The summed E-state index contributed by atoms with van der Waals surface area (Å²) >= 11 is 1.16. The highest BCUT2D eigenvalue weighted by Crippen LogP contribution is 2.42. The van der Waals surface area contributed by atoms with Crippen LogP contribution < -0.4 is 4.90 Å². The Bertz CT molecular complexity index is 871. The molecule has 4 nitrogen and oxygen atoms in total. The number of carbonyl (C=O) groups excluding carboxylic acids is 1. The third kappa shape index (κ3) is 4.37. The first-order chi connectivity index (χ1) is 13.5. The molecule has 2 aromatic rings. The summed E-state index contributed by atoms with van der Waals surface area (Å²) in [6, 6.07) is 7.91. The SMILES string of the molecule is C.O=C(O)c1sc(-c2ccc(F)cc2)cc1N1C(=O)CCCC1C1CCCCC1. The van der Waals surface area contributed by atoms with E-state index in [4.69, 9.17) is 0 Å². The van der Waals surface area contributed by atoms with Crippen molar-refractivity contribution in [2.45, 2.75) is 64.8 Å². The van der Waals surface area contributed by atoms with Crippen LogP contribution in [-0.2, 0) is 4.79 Å². The predicted molar refractivity (Wildman–Crippen MR) is 115 cm³/mol. The number of halogens is 1. The van der Waals surface area contributed by atoms with Gasteiger partial charge in [0.05, 0.1) is 5.69 Å². The topological polar surface area (TPSA) is 57.6 Å². The first-order valence-corrected chi connectivity index (χ1v) is 10.8. The van der Waals surface area contributed by atoms with Gasteiger partial charge in [0.25, 0.3) is 0 Å². The van der Waals surface area contributed by atoms with Gasteiger partial charge in [-0.25, -0.2) is 9.18 Å². The molecule has 156 valence electrons. The smallest absolute Gasteiger partial charge is 0.348 e. The zero-order valence-electron chi connectivity index (χ0n) is 15.7. The van der Waals surface area contributed by atoms with Crippen LogP contribution in [-0.4, -0.2) is 23.0 Å². The number of benzene rings is 1. The van der Waals surface area contributed by atoms with E-state index >= 15 is 0 Å². The number of nitrogens with zero attached hydrogens (tertiary/aromatic N) is 1. The van der Waals surface area contributed by atoms with E-state index in [0.717, 1.165) is 47.5 Å². The van der Waals surface area contributed by atoms with Crippen LogP contribution in [0.25, 0.3) is 10.4 Å². The highest BCUT2D eigenvalue weighted by Gasteiger charge is 2.38. The standard InChI is InChI=1S/C22H24FNO3S.CH4/c23-16-11-9-15(10-12-16)19-13-18(21(28-19)22(26)27)24-17(7-4-8-20(24)25)14-5-2-1-3-6-14;/h9-14,17H,1-8H2,(H,26,27);1H4. The number of piperidine rings is 1. The molecule has 1 atom stereocenters. The monoisotopic (exact) mass is 417 g/mol. The first kappa shape index (κ1) is 21.5. The minimum atomic E-state index is -1.02. The van der Waals surface area contributed by atoms with Gasteiger partial charge >= 0.3 is 5.97 Å². The lowest BCUT2D eigenvalue weighted by Gasteiger charge is -2.41. The van der Waals surface area contributed by atoms with E-state index in [1.807, 2.05) is 0 Å². The van der Waals surface area contributed by atoms with Gasteiger partial charge in [0.1, 0.15) is 10.7 Å². The van der Waals surface area contributed by atoms with Gasteiger partial charge in [0.15, 0.2) is 0 Å². The summed E-state index contributed by atoms with van der Waals surface area (Å²) in [7, 11) is 0. The van der Waals surface area contributed by atoms with Crippen LogP contribution in [0.1, 0.15) is 68.5 Å². The van der Waals surface area contributed by atoms with Crippen LogP contribution in [0.3, 0.4) is 0 Å². The van der Waals surface area contributed by atoms with Gasteiger partial charge in [-0.1, -0.05) is 38.8 Å². The quantitative estimate of drug-likeness (QED) is 0.630. The molecule has 1 saturated heterocycles. The number of carboxylic acid groups (broad SMARTS) is 1.